The first kappa shape index (κ1) is 13.3. The predicted molar refractivity (Wildman–Crippen MR) is 69.6 cm³/mol. The van der Waals surface area contributed by atoms with Crippen LogP contribution in [0.25, 0.3) is 0 Å². The third-order valence-corrected chi connectivity index (χ3v) is 6.02. The zero-order valence-corrected chi connectivity index (χ0v) is 11.5. The second kappa shape index (κ2) is 4.86. The molecule has 2 N–H and O–H groups in total. The topological polar surface area (TPSA) is 63.4 Å². The summed E-state index contributed by atoms with van der Waals surface area (Å²) in [5.74, 6) is 1.45. The third kappa shape index (κ3) is 3.01. The quantitative estimate of drug-likeness (QED) is 0.787. The molecule has 1 heterocycles. The predicted octanol–water partition coefficient (Wildman–Crippen LogP) is 0.624. The molecule has 0 radical (unpaired) electrons. The number of hydrogen-bond acceptors (Lipinski definition) is 4. The molecule has 2 fully saturated rings. The van der Waals surface area contributed by atoms with Crippen molar-refractivity contribution in [2.45, 2.75) is 38.1 Å². The van der Waals surface area contributed by atoms with Gasteiger partial charge in [0.15, 0.2) is 0 Å². The summed E-state index contributed by atoms with van der Waals surface area (Å²) in [5, 5.41) is 0. The van der Waals surface area contributed by atoms with E-state index in [4.69, 9.17) is 5.73 Å². The summed E-state index contributed by atoms with van der Waals surface area (Å²) in [6.45, 7) is 4.83. The van der Waals surface area contributed by atoms with Crippen LogP contribution in [0.15, 0.2) is 0 Å². The summed E-state index contributed by atoms with van der Waals surface area (Å²) < 4.78 is 23.1. The maximum Gasteiger partial charge on any atom is 0.150 e. The molecule has 2 aliphatic rings. The van der Waals surface area contributed by atoms with Gasteiger partial charge in [-0.05, 0) is 38.1 Å². The largest absolute Gasteiger partial charge is 0.329 e. The number of nitrogens with zero attached hydrogens (tertiary/aromatic N) is 1. The second-order valence-electron chi connectivity index (χ2n) is 5.56. The van der Waals surface area contributed by atoms with Gasteiger partial charge in [0.05, 0.1) is 11.5 Å². The standard InChI is InChI=1S/C12H24N2O2S/c1-2-14(9-11-3-4-11)12(10-13)5-7-17(15,16)8-6-12/h11H,2-10,13H2,1H3. The Hall–Kier alpha value is -0.130. The van der Waals surface area contributed by atoms with E-state index in [2.05, 4.69) is 11.8 Å². The van der Waals surface area contributed by atoms with Crippen molar-refractivity contribution >= 4 is 9.84 Å². The molecule has 0 spiro atoms. The van der Waals surface area contributed by atoms with Crippen LogP contribution in [0.2, 0.25) is 0 Å². The van der Waals surface area contributed by atoms with Crippen LogP contribution in [-0.2, 0) is 9.84 Å². The van der Waals surface area contributed by atoms with Crippen molar-refractivity contribution in [3.05, 3.63) is 0 Å². The van der Waals surface area contributed by atoms with Crippen LogP contribution >= 0.6 is 0 Å². The second-order valence-corrected chi connectivity index (χ2v) is 7.87. The van der Waals surface area contributed by atoms with Crippen molar-refractivity contribution < 1.29 is 8.42 Å². The monoisotopic (exact) mass is 260 g/mol. The average Bonchev–Trinajstić information content (AvgIpc) is 3.11. The minimum absolute atomic E-state index is 0.0529. The van der Waals surface area contributed by atoms with Gasteiger partial charge in [-0.1, -0.05) is 6.92 Å². The highest BCUT2D eigenvalue weighted by Crippen LogP contribution is 2.35. The normalized spacial score (nSPS) is 27.2. The zero-order valence-electron chi connectivity index (χ0n) is 10.7. The molecule has 0 unspecified atom stereocenters. The van der Waals surface area contributed by atoms with Crippen LogP contribution in [0.1, 0.15) is 32.6 Å². The SMILES string of the molecule is CCN(CC1CC1)C1(CN)CCS(=O)(=O)CC1. The molecule has 1 aliphatic carbocycles. The van der Waals surface area contributed by atoms with Crippen LogP contribution in [0, 0.1) is 5.92 Å². The third-order valence-electron chi connectivity index (χ3n) is 4.36. The smallest absolute Gasteiger partial charge is 0.150 e. The highest BCUT2D eigenvalue weighted by Gasteiger charge is 2.41. The summed E-state index contributed by atoms with van der Waals surface area (Å²) in [6, 6.07) is 0. The van der Waals surface area contributed by atoms with Gasteiger partial charge in [-0.15, -0.1) is 0 Å². The van der Waals surface area contributed by atoms with E-state index in [1.165, 1.54) is 12.8 Å². The van der Waals surface area contributed by atoms with E-state index in [1.54, 1.807) is 0 Å². The summed E-state index contributed by atoms with van der Waals surface area (Å²) in [4.78, 5) is 2.44. The molecule has 4 nitrogen and oxygen atoms in total. The van der Waals surface area contributed by atoms with Gasteiger partial charge < -0.3 is 5.73 Å². The van der Waals surface area contributed by atoms with Gasteiger partial charge >= 0.3 is 0 Å². The van der Waals surface area contributed by atoms with Gasteiger partial charge in [0, 0.05) is 18.6 Å². The van der Waals surface area contributed by atoms with Crippen LogP contribution in [0.4, 0.5) is 0 Å². The Balaban J connectivity index is 2.06. The lowest BCUT2D eigenvalue weighted by molar-refractivity contribution is 0.0835. The Kier molecular flexibility index (Phi) is 3.80. The van der Waals surface area contributed by atoms with E-state index in [1.807, 2.05) is 0 Å². The number of hydrogen-bond donors (Lipinski definition) is 1. The van der Waals surface area contributed by atoms with Crippen molar-refractivity contribution in [3.63, 3.8) is 0 Å². The molecule has 0 aromatic heterocycles. The van der Waals surface area contributed by atoms with Crippen LogP contribution < -0.4 is 5.73 Å². The summed E-state index contributed by atoms with van der Waals surface area (Å²) >= 11 is 0. The Morgan fingerprint density at radius 1 is 1.29 bits per heavy atom. The Morgan fingerprint density at radius 2 is 1.88 bits per heavy atom. The molecule has 1 saturated carbocycles. The lowest BCUT2D eigenvalue weighted by atomic mass is 9.89. The highest BCUT2D eigenvalue weighted by atomic mass is 32.2. The van der Waals surface area contributed by atoms with Crippen molar-refractivity contribution in [1.29, 1.82) is 0 Å². The average molecular weight is 260 g/mol. The van der Waals surface area contributed by atoms with E-state index < -0.39 is 9.84 Å². The fraction of sp³-hybridized carbons (Fsp3) is 1.00. The number of rotatable bonds is 5. The molecule has 17 heavy (non-hydrogen) atoms. The Labute approximate surface area is 104 Å². The molecule has 0 atom stereocenters. The molecule has 0 amide bonds. The zero-order chi connectivity index (χ0) is 12.5. The minimum Gasteiger partial charge on any atom is -0.329 e. The molecular weight excluding hydrogens is 236 g/mol. The Bertz CT molecular complexity index is 349. The van der Waals surface area contributed by atoms with Crippen LogP contribution in [0.5, 0.6) is 0 Å². The highest BCUT2D eigenvalue weighted by molar-refractivity contribution is 7.91. The number of likely N-dealkylation sites (N-methyl/N-ethyl adjacent to an activating group) is 1. The molecule has 1 aliphatic heterocycles. The molecule has 1 saturated heterocycles. The van der Waals surface area contributed by atoms with Gasteiger partial charge in [0.25, 0.3) is 0 Å². The van der Waals surface area contributed by atoms with Crippen LogP contribution in [-0.4, -0.2) is 50.0 Å². The molecular formula is C12H24N2O2S. The van der Waals surface area contributed by atoms with Crippen molar-refractivity contribution in [3.8, 4) is 0 Å². The number of nitrogens with two attached hydrogens (primary N) is 1. The maximum atomic E-state index is 11.5. The van der Waals surface area contributed by atoms with Crippen LogP contribution in [0.3, 0.4) is 0 Å². The minimum atomic E-state index is -2.80. The van der Waals surface area contributed by atoms with Crippen molar-refractivity contribution in [2.24, 2.45) is 11.7 Å². The van der Waals surface area contributed by atoms with Gasteiger partial charge in [-0.25, -0.2) is 8.42 Å². The van der Waals surface area contributed by atoms with Crippen molar-refractivity contribution in [1.82, 2.24) is 4.90 Å². The number of sulfone groups is 1. The van der Waals surface area contributed by atoms with E-state index in [0.717, 1.165) is 19.0 Å². The van der Waals surface area contributed by atoms with Crippen molar-refractivity contribution in [2.75, 3.05) is 31.1 Å². The molecule has 2 rings (SSSR count). The lowest BCUT2D eigenvalue weighted by Crippen LogP contribution is -2.58. The fourth-order valence-electron chi connectivity index (χ4n) is 2.84. The van der Waals surface area contributed by atoms with Gasteiger partial charge in [0.1, 0.15) is 9.84 Å². The summed E-state index contributed by atoms with van der Waals surface area (Å²) in [7, 11) is -2.80. The fourth-order valence-corrected chi connectivity index (χ4v) is 4.42. The summed E-state index contributed by atoms with van der Waals surface area (Å²) in [6.07, 6.45) is 4.09. The van der Waals surface area contributed by atoms with E-state index in [-0.39, 0.29) is 5.54 Å². The van der Waals surface area contributed by atoms with Gasteiger partial charge in [-0.2, -0.15) is 0 Å². The van der Waals surface area contributed by atoms with Gasteiger partial charge in [-0.3, -0.25) is 4.90 Å². The van der Waals surface area contributed by atoms with E-state index >= 15 is 0 Å². The first-order valence-electron chi connectivity index (χ1n) is 6.67. The lowest BCUT2D eigenvalue weighted by Gasteiger charge is -2.45. The first-order valence-corrected chi connectivity index (χ1v) is 8.49. The molecule has 0 aromatic carbocycles. The molecule has 5 heteroatoms. The van der Waals surface area contributed by atoms with E-state index in [9.17, 15) is 8.42 Å². The summed E-state index contributed by atoms with van der Waals surface area (Å²) in [5.41, 5.74) is 5.91. The van der Waals surface area contributed by atoms with Gasteiger partial charge in [0.2, 0.25) is 0 Å². The molecule has 0 aromatic rings. The molecule has 0 bridgehead atoms. The van der Waals surface area contributed by atoms with E-state index in [0.29, 0.717) is 30.9 Å². The Morgan fingerprint density at radius 3 is 2.29 bits per heavy atom. The first-order chi connectivity index (χ1) is 8.01. The maximum absolute atomic E-state index is 11.5. The molecule has 100 valence electrons.